The number of rotatable bonds is 5. The molecule has 7 rings (SSSR count). The van der Waals surface area contributed by atoms with E-state index < -0.39 is 0 Å². The van der Waals surface area contributed by atoms with E-state index in [1.54, 1.807) is 17.5 Å². The number of piperidine rings is 1. The Morgan fingerprint density at radius 3 is 2.67 bits per heavy atom. The highest BCUT2D eigenvalue weighted by molar-refractivity contribution is 7.13. The molecule has 0 amide bonds. The highest BCUT2D eigenvalue weighted by atomic mass is 32.1. The predicted molar refractivity (Wildman–Crippen MR) is 144 cm³/mol. The summed E-state index contributed by atoms with van der Waals surface area (Å²) >= 11 is 1.72. The van der Waals surface area contributed by atoms with Gasteiger partial charge < -0.3 is 15.0 Å². The first-order chi connectivity index (χ1) is 17.8. The minimum Gasteiger partial charge on any atom is -0.489 e. The molecule has 0 aliphatic carbocycles. The van der Waals surface area contributed by atoms with Gasteiger partial charge in [-0.25, -0.2) is 0 Å². The van der Waals surface area contributed by atoms with Crippen LogP contribution >= 0.6 is 11.3 Å². The van der Waals surface area contributed by atoms with Crippen molar-refractivity contribution in [1.82, 2.24) is 30.5 Å². The standard InChI is InChI=1S/C28H24N6OS/c1-2-27(36-9-1)23-15-31-16-26-21(23)12-25(32-26)28-22-11-17(3-4-24(22)33-34-28)18-10-20(14-30-13-18)35-19-5-7-29-8-6-19/h1-4,9-16,19,29,32H,5-8H2,(H,33,34). The highest BCUT2D eigenvalue weighted by Crippen LogP contribution is 2.36. The summed E-state index contributed by atoms with van der Waals surface area (Å²) in [6.45, 7) is 1.99. The molecule has 1 fully saturated rings. The SMILES string of the molecule is c1csc(-c2cncc3[nH]c(-c4n[nH]c5ccc(-c6cncc(OC7CCNCC7)c6)cc45)cc23)c1. The smallest absolute Gasteiger partial charge is 0.138 e. The second kappa shape index (κ2) is 8.89. The maximum absolute atomic E-state index is 6.23. The van der Waals surface area contributed by atoms with Crippen LogP contribution in [-0.4, -0.2) is 44.3 Å². The van der Waals surface area contributed by atoms with Crippen molar-refractivity contribution in [2.75, 3.05) is 13.1 Å². The number of thiophene rings is 1. The van der Waals surface area contributed by atoms with Gasteiger partial charge in [-0.15, -0.1) is 11.3 Å². The molecule has 0 unspecified atom stereocenters. The number of hydrogen-bond donors (Lipinski definition) is 3. The fraction of sp³-hybridized carbons (Fsp3) is 0.179. The second-order valence-corrected chi connectivity index (χ2v) is 10.1. The van der Waals surface area contributed by atoms with Crippen LogP contribution in [0.3, 0.4) is 0 Å². The van der Waals surface area contributed by atoms with Crippen molar-refractivity contribution in [3.05, 3.63) is 72.6 Å². The summed E-state index contributed by atoms with van der Waals surface area (Å²) in [5, 5.41) is 15.5. The number of benzene rings is 1. The summed E-state index contributed by atoms with van der Waals surface area (Å²) in [5.41, 5.74) is 7.05. The lowest BCUT2D eigenvalue weighted by Gasteiger charge is -2.23. The molecule has 7 nitrogen and oxygen atoms in total. The lowest BCUT2D eigenvalue weighted by atomic mass is 10.0. The van der Waals surface area contributed by atoms with Gasteiger partial charge in [-0.1, -0.05) is 12.1 Å². The first-order valence-electron chi connectivity index (χ1n) is 12.1. The third-order valence-corrected chi connectivity index (χ3v) is 7.69. The van der Waals surface area contributed by atoms with Crippen molar-refractivity contribution in [3.8, 4) is 38.7 Å². The maximum Gasteiger partial charge on any atom is 0.138 e. The first kappa shape index (κ1) is 21.3. The molecular weight excluding hydrogens is 468 g/mol. The molecule has 5 aromatic heterocycles. The van der Waals surface area contributed by atoms with E-state index in [4.69, 9.17) is 4.74 Å². The lowest BCUT2D eigenvalue weighted by Crippen LogP contribution is -2.34. The molecule has 36 heavy (non-hydrogen) atoms. The molecule has 1 aromatic carbocycles. The molecule has 3 N–H and O–H groups in total. The van der Waals surface area contributed by atoms with Crippen molar-refractivity contribution in [1.29, 1.82) is 0 Å². The third kappa shape index (κ3) is 3.84. The van der Waals surface area contributed by atoms with Crippen LogP contribution in [0.2, 0.25) is 0 Å². The van der Waals surface area contributed by atoms with Gasteiger partial charge in [-0.3, -0.25) is 15.1 Å². The molecule has 0 radical (unpaired) electrons. The maximum atomic E-state index is 6.23. The molecule has 8 heteroatoms. The van der Waals surface area contributed by atoms with Gasteiger partial charge >= 0.3 is 0 Å². The third-order valence-electron chi connectivity index (χ3n) is 6.79. The minimum atomic E-state index is 0.238. The summed E-state index contributed by atoms with van der Waals surface area (Å²) in [7, 11) is 0. The van der Waals surface area contributed by atoms with E-state index in [9.17, 15) is 0 Å². The Labute approximate surface area is 211 Å². The molecule has 1 saturated heterocycles. The van der Waals surface area contributed by atoms with Crippen molar-refractivity contribution in [2.45, 2.75) is 18.9 Å². The van der Waals surface area contributed by atoms with E-state index in [1.807, 2.05) is 18.6 Å². The van der Waals surface area contributed by atoms with Crippen LogP contribution in [0.4, 0.5) is 0 Å². The Morgan fingerprint density at radius 2 is 1.78 bits per heavy atom. The first-order valence-corrected chi connectivity index (χ1v) is 13.0. The Morgan fingerprint density at radius 1 is 0.861 bits per heavy atom. The number of nitrogens with zero attached hydrogens (tertiary/aromatic N) is 3. The number of fused-ring (bicyclic) bond motifs is 2. The van der Waals surface area contributed by atoms with Crippen molar-refractivity contribution in [3.63, 3.8) is 0 Å². The van der Waals surface area contributed by atoms with Crippen LogP contribution < -0.4 is 10.1 Å². The number of aromatic amines is 2. The molecule has 178 valence electrons. The Bertz CT molecular complexity index is 1660. The quantitative estimate of drug-likeness (QED) is 0.273. The van der Waals surface area contributed by atoms with Gasteiger partial charge in [-0.05, 0) is 67.2 Å². The van der Waals surface area contributed by atoms with E-state index in [1.165, 1.54) is 4.88 Å². The molecular formula is C28H24N6OS. The zero-order chi connectivity index (χ0) is 23.9. The fourth-order valence-electron chi connectivity index (χ4n) is 4.95. The lowest BCUT2D eigenvalue weighted by molar-refractivity contribution is 0.162. The van der Waals surface area contributed by atoms with Crippen molar-refractivity contribution >= 4 is 33.1 Å². The van der Waals surface area contributed by atoms with Gasteiger partial charge in [-0.2, -0.15) is 5.10 Å². The van der Waals surface area contributed by atoms with E-state index >= 15 is 0 Å². The van der Waals surface area contributed by atoms with E-state index in [2.05, 4.69) is 78.3 Å². The molecule has 1 aliphatic rings. The molecule has 0 bridgehead atoms. The van der Waals surface area contributed by atoms with Gasteiger partial charge in [0.25, 0.3) is 0 Å². The summed E-state index contributed by atoms with van der Waals surface area (Å²) in [5.74, 6) is 0.816. The van der Waals surface area contributed by atoms with Gasteiger partial charge in [0.2, 0.25) is 0 Å². The van der Waals surface area contributed by atoms with Crippen LogP contribution in [0.25, 0.3) is 54.8 Å². The predicted octanol–water partition coefficient (Wildman–Crippen LogP) is 6.03. The number of H-pyrrole nitrogens is 2. The number of aromatic nitrogens is 5. The van der Waals surface area contributed by atoms with Crippen LogP contribution in [-0.2, 0) is 0 Å². The van der Waals surface area contributed by atoms with Gasteiger partial charge in [0.15, 0.2) is 0 Å². The Hall–Kier alpha value is -4.01. The van der Waals surface area contributed by atoms with E-state index in [0.29, 0.717) is 0 Å². The Kier molecular flexibility index (Phi) is 5.26. The monoisotopic (exact) mass is 492 g/mol. The Balaban J connectivity index is 1.26. The highest BCUT2D eigenvalue weighted by Gasteiger charge is 2.17. The molecule has 0 saturated carbocycles. The molecule has 6 heterocycles. The number of nitrogens with one attached hydrogen (secondary N) is 3. The summed E-state index contributed by atoms with van der Waals surface area (Å²) < 4.78 is 6.23. The number of hydrogen-bond acceptors (Lipinski definition) is 6. The number of ether oxygens (including phenoxy) is 1. The van der Waals surface area contributed by atoms with Gasteiger partial charge in [0.1, 0.15) is 17.5 Å². The summed E-state index contributed by atoms with van der Waals surface area (Å²) in [4.78, 5) is 13.6. The minimum absolute atomic E-state index is 0.238. The van der Waals surface area contributed by atoms with Gasteiger partial charge in [0.05, 0.1) is 29.1 Å². The van der Waals surface area contributed by atoms with Crippen LogP contribution in [0, 0.1) is 0 Å². The number of pyridine rings is 2. The van der Waals surface area contributed by atoms with E-state index in [0.717, 1.165) is 81.6 Å². The van der Waals surface area contributed by atoms with Crippen LogP contribution in [0.1, 0.15) is 12.8 Å². The average molecular weight is 493 g/mol. The van der Waals surface area contributed by atoms with Crippen LogP contribution in [0.15, 0.2) is 72.6 Å². The summed E-state index contributed by atoms with van der Waals surface area (Å²) in [6, 6.07) is 14.8. The van der Waals surface area contributed by atoms with Gasteiger partial charge in [0, 0.05) is 39.2 Å². The summed E-state index contributed by atoms with van der Waals surface area (Å²) in [6.07, 6.45) is 9.76. The molecule has 1 aliphatic heterocycles. The zero-order valence-electron chi connectivity index (χ0n) is 19.5. The topological polar surface area (TPSA) is 91.5 Å². The van der Waals surface area contributed by atoms with Crippen molar-refractivity contribution < 1.29 is 4.74 Å². The average Bonchev–Trinajstić information content (AvgIpc) is 3.68. The molecule has 0 spiro atoms. The molecule has 6 aromatic rings. The molecule has 0 atom stereocenters. The zero-order valence-corrected chi connectivity index (χ0v) is 20.3. The second-order valence-electron chi connectivity index (χ2n) is 9.12. The largest absolute Gasteiger partial charge is 0.489 e. The normalized spacial score (nSPS) is 14.6. The van der Waals surface area contributed by atoms with Crippen LogP contribution in [0.5, 0.6) is 5.75 Å². The fourth-order valence-corrected chi connectivity index (χ4v) is 5.70. The van der Waals surface area contributed by atoms with E-state index in [-0.39, 0.29) is 6.10 Å². The van der Waals surface area contributed by atoms with Crippen molar-refractivity contribution in [2.24, 2.45) is 0 Å².